The van der Waals surface area contributed by atoms with Crippen LogP contribution in [0.5, 0.6) is 0 Å². The van der Waals surface area contributed by atoms with E-state index in [9.17, 15) is 24.3 Å². The predicted molar refractivity (Wildman–Crippen MR) is 166 cm³/mol. The maximum atomic E-state index is 13.5. The molecule has 4 N–H and O–H groups in total. The summed E-state index contributed by atoms with van der Waals surface area (Å²) >= 11 is 1.49. The lowest BCUT2D eigenvalue weighted by Crippen LogP contribution is -2.54. The van der Waals surface area contributed by atoms with Gasteiger partial charge in [-0.15, -0.1) is 11.8 Å². The molecule has 0 radical (unpaired) electrons. The number of carboxylic acid groups (broad SMARTS) is 1. The molecule has 0 saturated carbocycles. The number of carbonyl (C=O) groups excluding carboxylic acids is 3. The Labute approximate surface area is 253 Å². The molecule has 0 bridgehead atoms. The van der Waals surface area contributed by atoms with Gasteiger partial charge in [-0.3, -0.25) is 9.59 Å². The minimum Gasteiger partial charge on any atom is -0.480 e. The molecule has 0 fully saturated rings. The molecule has 2 unspecified atom stereocenters. The second-order valence-corrected chi connectivity index (χ2v) is 13.7. The van der Waals surface area contributed by atoms with Crippen LogP contribution in [0.4, 0.5) is 4.79 Å². The van der Waals surface area contributed by atoms with Crippen LogP contribution in [0.25, 0.3) is 0 Å². The van der Waals surface area contributed by atoms with E-state index in [0.29, 0.717) is 25.8 Å². The van der Waals surface area contributed by atoms with Crippen LogP contribution in [-0.2, 0) is 32.1 Å². The van der Waals surface area contributed by atoms with Crippen molar-refractivity contribution >= 4 is 35.6 Å². The smallest absolute Gasteiger partial charge is 0.407 e. The van der Waals surface area contributed by atoms with Crippen molar-refractivity contribution in [1.82, 2.24) is 16.0 Å². The van der Waals surface area contributed by atoms with Gasteiger partial charge in [0.1, 0.15) is 18.7 Å². The number of amides is 3. The third kappa shape index (κ3) is 13.9. The van der Waals surface area contributed by atoms with Gasteiger partial charge < -0.3 is 25.8 Å². The van der Waals surface area contributed by atoms with Crippen molar-refractivity contribution in [3.63, 3.8) is 0 Å². The fourth-order valence-electron chi connectivity index (χ4n) is 4.21. The highest BCUT2D eigenvalue weighted by Gasteiger charge is 2.31. The van der Waals surface area contributed by atoms with E-state index < -0.39 is 35.3 Å². The number of rotatable bonds is 16. The molecule has 10 heteroatoms. The van der Waals surface area contributed by atoms with E-state index in [0.717, 1.165) is 11.1 Å². The number of hydrogen-bond donors (Lipinski definition) is 4. The minimum absolute atomic E-state index is 0.0817. The van der Waals surface area contributed by atoms with Crippen LogP contribution in [0.15, 0.2) is 60.7 Å². The highest BCUT2D eigenvalue weighted by Crippen LogP contribution is 2.31. The van der Waals surface area contributed by atoms with Crippen LogP contribution in [-0.4, -0.2) is 57.6 Å². The molecule has 0 aliphatic rings. The standard InChI is InChI=1S/C32H45N3O6S/c1-22(2)19-25(28(36)35-26(30(38)39)20-23-13-8-6-9-14-23)34-29(37)27(42-32(3,4)5)17-12-18-33-31(40)41-21-24-15-10-7-11-16-24/h6-11,13-16,22,25-27H,12,17-21H2,1-5H3,(H,33,40)(H,34,37)(H,35,36)(H,38,39)/t25?,26-,27?/m0/s1. The number of nitrogens with one attached hydrogen (secondary N) is 3. The molecule has 2 aromatic rings. The van der Waals surface area contributed by atoms with Crippen molar-refractivity contribution in [3.8, 4) is 0 Å². The first-order chi connectivity index (χ1) is 19.8. The van der Waals surface area contributed by atoms with Crippen LogP contribution >= 0.6 is 11.8 Å². The minimum atomic E-state index is -1.14. The van der Waals surface area contributed by atoms with Crippen LogP contribution in [0.2, 0.25) is 0 Å². The molecular weight excluding hydrogens is 554 g/mol. The number of aliphatic carboxylic acids is 1. The molecule has 0 spiro atoms. The Kier molecular flexibility index (Phi) is 14.4. The molecule has 230 valence electrons. The van der Waals surface area contributed by atoms with Gasteiger partial charge in [0, 0.05) is 17.7 Å². The third-order valence-electron chi connectivity index (χ3n) is 6.15. The molecule has 3 atom stereocenters. The maximum Gasteiger partial charge on any atom is 0.407 e. The van der Waals surface area contributed by atoms with Crippen LogP contribution in [0.1, 0.15) is 65.0 Å². The number of ether oxygens (including phenoxy) is 1. The van der Waals surface area contributed by atoms with E-state index in [4.69, 9.17) is 4.74 Å². The van der Waals surface area contributed by atoms with Crippen molar-refractivity contribution < 1.29 is 29.0 Å². The summed E-state index contributed by atoms with van der Waals surface area (Å²) in [6.45, 7) is 10.4. The van der Waals surface area contributed by atoms with Gasteiger partial charge in [0.2, 0.25) is 11.8 Å². The lowest BCUT2D eigenvalue weighted by molar-refractivity contribution is -0.142. The van der Waals surface area contributed by atoms with Crippen LogP contribution < -0.4 is 16.0 Å². The summed E-state index contributed by atoms with van der Waals surface area (Å²) in [6, 6.07) is 16.5. The van der Waals surface area contributed by atoms with Crippen molar-refractivity contribution in [1.29, 1.82) is 0 Å². The zero-order valence-corrected chi connectivity index (χ0v) is 26.0. The maximum absolute atomic E-state index is 13.5. The predicted octanol–water partition coefficient (Wildman–Crippen LogP) is 4.94. The van der Waals surface area contributed by atoms with Gasteiger partial charge in [-0.1, -0.05) is 95.3 Å². The van der Waals surface area contributed by atoms with Crippen LogP contribution in [0.3, 0.4) is 0 Å². The summed E-state index contributed by atoms with van der Waals surface area (Å²) in [4.78, 5) is 50.8. The Hall–Kier alpha value is -3.53. The van der Waals surface area contributed by atoms with Gasteiger partial charge >= 0.3 is 12.1 Å². The van der Waals surface area contributed by atoms with Gasteiger partial charge in [0.15, 0.2) is 0 Å². The fourth-order valence-corrected chi connectivity index (χ4v) is 5.53. The highest BCUT2D eigenvalue weighted by molar-refractivity contribution is 8.01. The topological polar surface area (TPSA) is 134 Å². The molecule has 2 rings (SSSR count). The first-order valence-corrected chi connectivity index (χ1v) is 15.2. The molecule has 0 aromatic heterocycles. The Morgan fingerprint density at radius 1 is 0.857 bits per heavy atom. The number of hydrogen-bond acceptors (Lipinski definition) is 6. The second-order valence-electron chi connectivity index (χ2n) is 11.6. The van der Waals surface area contributed by atoms with Crippen LogP contribution in [0, 0.1) is 5.92 Å². The molecule has 2 aromatic carbocycles. The first kappa shape index (κ1) is 34.7. The number of carboxylic acids is 1. The SMILES string of the molecule is CC(C)CC(NC(=O)C(CCCNC(=O)OCc1ccccc1)SC(C)(C)C)C(=O)N[C@@H](Cc1ccccc1)C(=O)O. The van der Waals surface area contributed by atoms with Crippen molar-refractivity contribution in [2.45, 2.75) is 89.0 Å². The van der Waals surface area contributed by atoms with E-state index in [1.54, 1.807) is 0 Å². The Bertz CT molecular complexity index is 1140. The molecule has 42 heavy (non-hydrogen) atoms. The largest absolute Gasteiger partial charge is 0.480 e. The Morgan fingerprint density at radius 2 is 1.43 bits per heavy atom. The summed E-state index contributed by atoms with van der Waals surface area (Å²) in [7, 11) is 0. The summed E-state index contributed by atoms with van der Waals surface area (Å²) in [5.74, 6) is -1.88. The van der Waals surface area contributed by atoms with Crippen molar-refractivity contribution in [2.24, 2.45) is 5.92 Å². The average molecular weight is 600 g/mol. The van der Waals surface area contributed by atoms with E-state index >= 15 is 0 Å². The molecule has 0 aliphatic heterocycles. The normalized spacial score (nSPS) is 13.5. The van der Waals surface area contributed by atoms with Gasteiger partial charge in [0.25, 0.3) is 0 Å². The Morgan fingerprint density at radius 3 is 1.98 bits per heavy atom. The number of carbonyl (C=O) groups is 4. The van der Waals surface area contributed by atoms with Gasteiger partial charge in [0.05, 0.1) is 5.25 Å². The fraction of sp³-hybridized carbons (Fsp3) is 0.500. The lowest BCUT2D eigenvalue weighted by Gasteiger charge is -2.28. The van der Waals surface area contributed by atoms with E-state index in [1.165, 1.54) is 11.8 Å². The average Bonchev–Trinajstić information content (AvgIpc) is 2.93. The Balaban J connectivity index is 1.98. The van der Waals surface area contributed by atoms with Gasteiger partial charge in [-0.2, -0.15) is 0 Å². The number of thioether (sulfide) groups is 1. The summed E-state index contributed by atoms with van der Waals surface area (Å²) in [6.07, 6.45) is 0.959. The van der Waals surface area contributed by atoms with E-state index in [2.05, 4.69) is 16.0 Å². The lowest BCUT2D eigenvalue weighted by atomic mass is 10.0. The molecule has 0 aliphatic carbocycles. The molecule has 0 heterocycles. The molecule has 0 saturated heterocycles. The monoisotopic (exact) mass is 599 g/mol. The van der Waals surface area contributed by atoms with Gasteiger partial charge in [-0.25, -0.2) is 9.59 Å². The molecule has 3 amide bonds. The molecule has 9 nitrogen and oxygen atoms in total. The van der Waals surface area contributed by atoms with E-state index in [-0.39, 0.29) is 29.6 Å². The second kappa shape index (κ2) is 17.4. The zero-order valence-electron chi connectivity index (χ0n) is 25.2. The zero-order chi connectivity index (χ0) is 31.1. The third-order valence-corrected chi connectivity index (χ3v) is 7.59. The quantitative estimate of drug-likeness (QED) is 0.201. The first-order valence-electron chi connectivity index (χ1n) is 14.3. The number of alkyl carbamates (subject to hydrolysis) is 1. The summed E-state index contributed by atoms with van der Waals surface area (Å²) in [5.41, 5.74) is 1.68. The summed E-state index contributed by atoms with van der Waals surface area (Å²) in [5, 5.41) is 17.5. The van der Waals surface area contributed by atoms with Crippen molar-refractivity contribution in [2.75, 3.05) is 6.54 Å². The highest BCUT2D eigenvalue weighted by atomic mass is 32.2. The molecular formula is C32H45N3O6S. The number of benzene rings is 2. The summed E-state index contributed by atoms with van der Waals surface area (Å²) < 4.78 is 5.01. The van der Waals surface area contributed by atoms with Crippen molar-refractivity contribution in [3.05, 3.63) is 71.8 Å². The van der Waals surface area contributed by atoms with E-state index in [1.807, 2.05) is 95.3 Å². The van der Waals surface area contributed by atoms with Gasteiger partial charge in [-0.05, 0) is 36.3 Å².